The van der Waals surface area contributed by atoms with Crippen LogP contribution in [0.25, 0.3) is 0 Å². The quantitative estimate of drug-likeness (QED) is 0.914. The van der Waals surface area contributed by atoms with Crippen LogP contribution in [0.5, 0.6) is 0 Å². The van der Waals surface area contributed by atoms with Crippen molar-refractivity contribution in [2.45, 2.75) is 57.4 Å². The van der Waals surface area contributed by atoms with Gasteiger partial charge in [-0.15, -0.1) is 0 Å². The number of hydrogen-bond donors (Lipinski definition) is 1. The highest BCUT2D eigenvalue weighted by molar-refractivity contribution is 7.99. The predicted molar refractivity (Wildman–Crippen MR) is 80.2 cm³/mol. The van der Waals surface area contributed by atoms with E-state index < -0.39 is 0 Å². The van der Waals surface area contributed by atoms with E-state index in [1.807, 2.05) is 6.92 Å². The number of nitrogens with two attached hydrogens (primary N) is 1. The summed E-state index contributed by atoms with van der Waals surface area (Å²) in [6.07, 6.45) is 5.48. The van der Waals surface area contributed by atoms with Crippen LogP contribution in [-0.2, 0) is 0 Å². The van der Waals surface area contributed by atoms with Crippen molar-refractivity contribution < 1.29 is 4.42 Å². The normalized spacial score (nSPS) is 28.6. The molecule has 0 aromatic carbocycles. The molecule has 1 aliphatic rings. The molecule has 0 radical (unpaired) electrons. The van der Waals surface area contributed by atoms with Crippen LogP contribution >= 0.6 is 11.8 Å². The van der Waals surface area contributed by atoms with E-state index >= 15 is 0 Å². The van der Waals surface area contributed by atoms with Gasteiger partial charge in [0.1, 0.15) is 6.26 Å². The van der Waals surface area contributed by atoms with E-state index in [0.29, 0.717) is 16.6 Å². The second-order valence-corrected chi connectivity index (χ2v) is 7.97. The number of aromatic nitrogens is 1. The Balaban J connectivity index is 2.05. The summed E-state index contributed by atoms with van der Waals surface area (Å²) >= 11 is 1.78. The Morgan fingerprint density at radius 2 is 2.16 bits per heavy atom. The Bertz CT molecular complexity index is 411. The minimum atomic E-state index is 0.380. The fourth-order valence-electron chi connectivity index (χ4n) is 2.91. The topological polar surface area (TPSA) is 52.0 Å². The van der Waals surface area contributed by atoms with Crippen LogP contribution in [0.1, 0.15) is 45.7 Å². The van der Waals surface area contributed by atoms with Gasteiger partial charge in [0.15, 0.2) is 0 Å². The number of rotatable bonds is 3. The van der Waals surface area contributed by atoms with E-state index in [0.717, 1.165) is 23.4 Å². The maximum Gasteiger partial charge on any atom is 0.256 e. The molecule has 0 aliphatic heterocycles. The standard InChI is InChI=1S/C15H26N2OS/c1-10-9-18-14(17-10)19-13-7-12(15(2,3)4)6-5-11(13)8-16/h9,11-13H,5-8,16H2,1-4H3. The summed E-state index contributed by atoms with van der Waals surface area (Å²) in [7, 11) is 0. The Kier molecular flexibility index (Phi) is 4.62. The van der Waals surface area contributed by atoms with Crippen molar-refractivity contribution in [2.75, 3.05) is 6.54 Å². The molecule has 3 nitrogen and oxygen atoms in total. The number of aryl methyl sites for hydroxylation is 1. The zero-order chi connectivity index (χ0) is 14.0. The molecule has 3 atom stereocenters. The molecule has 0 amide bonds. The third kappa shape index (κ3) is 3.76. The van der Waals surface area contributed by atoms with E-state index in [4.69, 9.17) is 10.2 Å². The van der Waals surface area contributed by atoms with Crippen LogP contribution in [0.15, 0.2) is 15.9 Å². The Hall–Kier alpha value is -0.480. The fraction of sp³-hybridized carbons (Fsp3) is 0.800. The van der Waals surface area contributed by atoms with Crippen LogP contribution in [0.2, 0.25) is 0 Å². The molecule has 4 heteroatoms. The van der Waals surface area contributed by atoms with Crippen molar-refractivity contribution in [3.05, 3.63) is 12.0 Å². The second-order valence-electron chi connectivity index (χ2n) is 6.78. The SMILES string of the molecule is Cc1coc(SC2CC(C(C)(C)C)CCC2CN)n1. The Labute approximate surface area is 120 Å². The van der Waals surface area contributed by atoms with Gasteiger partial charge in [-0.3, -0.25) is 0 Å². The fourth-order valence-corrected chi connectivity index (χ4v) is 4.24. The lowest BCUT2D eigenvalue weighted by atomic mass is 9.69. The summed E-state index contributed by atoms with van der Waals surface area (Å²) in [5.74, 6) is 1.36. The van der Waals surface area contributed by atoms with Crippen LogP contribution in [0.4, 0.5) is 0 Å². The molecule has 108 valence electrons. The molecule has 0 spiro atoms. The van der Waals surface area contributed by atoms with Crippen LogP contribution < -0.4 is 5.73 Å². The van der Waals surface area contributed by atoms with E-state index in [9.17, 15) is 0 Å². The summed E-state index contributed by atoms with van der Waals surface area (Å²) in [5.41, 5.74) is 7.28. The summed E-state index contributed by atoms with van der Waals surface area (Å²) in [6.45, 7) is 9.77. The summed E-state index contributed by atoms with van der Waals surface area (Å²) in [4.78, 5) is 4.42. The first kappa shape index (κ1) is 14.9. The lowest BCUT2D eigenvalue weighted by molar-refractivity contribution is 0.157. The van der Waals surface area contributed by atoms with Gasteiger partial charge in [-0.2, -0.15) is 0 Å². The largest absolute Gasteiger partial charge is 0.440 e. The molecule has 2 N–H and O–H groups in total. The first-order valence-corrected chi connectivity index (χ1v) is 8.07. The van der Waals surface area contributed by atoms with Gasteiger partial charge < -0.3 is 10.2 Å². The maximum atomic E-state index is 5.94. The average molecular weight is 282 g/mol. The molecule has 1 saturated carbocycles. The number of thioether (sulfide) groups is 1. The molecule has 0 bridgehead atoms. The molecular formula is C15H26N2OS. The zero-order valence-corrected chi connectivity index (χ0v) is 13.3. The highest BCUT2D eigenvalue weighted by Crippen LogP contribution is 2.45. The molecule has 1 heterocycles. The lowest BCUT2D eigenvalue weighted by Gasteiger charge is -2.40. The van der Waals surface area contributed by atoms with Gasteiger partial charge >= 0.3 is 0 Å². The molecule has 1 aromatic rings. The molecule has 0 saturated heterocycles. The molecule has 3 unspecified atom stereocenters. The highest BCUT2D eigenvalue weighted by atomic mass is 32.2. The van der Waals surface area contributed by atoms with E-state index in [2.05, 4.69) is 25.8 Å². The summed E-state index contributed by atoms with van der Waals surface area (Å²) in [5, 5.41) is 1.34. The van der Waals surface area contributed by atoms with Crippen LogP contribution in [0.3, 0.4) is 0 Å². The van der Waals surface area contributed by atoms with E-state index in [-0.39, 0.29) is 0 Å². The minimum Gasteiger partial charge on any atom is -0.440 e. The number of oxazole rings is 1. The molecule has 2 rings (SSSR count). The second kappa shape index (κ2) is 5.88. The molecule has 1 fully saturated rings. The molecule has 19 heavy (non-hydrogen) atoms. The average Bonchev–Trinajstić information content (AvgIpc) is 2.73. The molecule has 1 aromatic heterocycles. The minimum absolute atomic E-state index is 0.380. The molecule has 1 aliphatic carbocycles. The highest BCUT2D eigenvalue weighted by Gasteiger charge is 2.36. The summed E-state index contributed by atoms with van der Waals surface area (Å²) in [6, 6.07) is 0. The summed E-state index contributed by atoms with van der Waals surface area (Å²) < 4.78 is 5.49. The van der Waals surface area contributed by atoms with Crippen LogP contribution in [0, 0.1) is 24.2 Å². The Morgan fingerprint density at radius 1 is 1.42 bits per heavy atom. The van der Waals surface area contributed by atoms with E-state index in [1.165, 1.54) is 19.3 Å². The predicted octanol–water partition coefficient (Wildman–Crippen LogP) is 3.86. The zero-order valence-electron chi connectivity index (χ0n) is 12.5. The van der Waals surface area contributed by atoms with Crippen LogP contribution in [-0.4, -0.2) is 16.8 Å². The molecular weight excluding hydrogens is 256 g/mol. The van der Waals surface area contributed by atoms with Crippen molar-refractivity contribution in [3.8, 4) is 0 Å². The lowest BCUT2D eigenvalue weighted by Crippen LogP contribution is -2.36. The van der Waals surface area contributed by atoms with Gasteiger partial charge in [-0.05, 0) is 50.0 Å². The van der Waals surface area contributed by atoms with E-state index in [1.54, 1.807) is 18.0 Å². The number of nitrogens with zero attached hydrogens (tertiary/aromatic N) is 1. The van der Waals surface area contributed by atoms with Gasteiger partial charge in [-0.25, -0.2) is 4.98 Å². The van der Waals surface area contributed by atoms with Gasteiger partial charge in [-0.1, -0.05) is 32.5 Å². The first-order valence-electron chi connectivity index (χ1n) is 7.19. The van der Waals surface area contributed by atoms with Crippen molar-refractivity contribution >= 4 is 11.8 Å². The number of hydrogen-bond acceptors (Lipinski definition) is 4. The van der Waals surface area contributed by atoms with Crippen molar-refractivity contribution in [1.82, 2.24) is 4.98 Å². The first-order chi connectivity index (χ1) is 8.90. The smallest absolute Gasteiger partial charge is 0.256 e. The van der Waals surface area contributed by atoms with Gasteiger partial charge in [0.2, 0.25) is 0 Å². The van der Waals surface area contributed by atoms with Gasteiger partial charge in [0.05, 0.1) is 5.69 Å². The van der Waals surface area contributed by atoms with Crippen molar-refractivity contribution in [1.29, 1.82) is 0 Å². The Morgan fingerprint density at radius 3 is 2.68 bits per heavy atom. The monoisotopic (exact) mass is 282 g/mol. The third-order valence-corrected chi connectivity index (χ3v) is 5.58. The van der Waals surface area contributed by atoms with Crippen molar-refractivity contribution in [2.24, 2.45) is 23.0 Å². The third-order valence-electron chi connectivity index (χ3n) is 4.31. The van der Waals surface area contributed by atoms with Gasteiger partial charge in [0.25, 0.3) is 5.22 Å². The van der Waals surface area contributed by atoms with Gasteiger partial charge in [0, 0.05) is 5.25 Å². The van der Waals surface area contributed by atoms with Crippen molar-refractivity contribution in [3.63, 3.8) is 0 Å². The maximum absolute atomic E-state index is 5.94.